The first-order valence-electron chi connectivity index (χ1n) is 21.9. The van der Waals surface area contributed by atoms with Gasteiger partial charge in [0, 0.05) is 19.3 Å². The summed E-state index contributed by atoms with van der Waals surface area (Å²) in [6, 6.07) is -0.725. The molecule has 0 N–H and O–H groups in total. The van der Waals surface area contributed by atoms with Crippen molar-refractivity contribution in [1.29, 1.82) is 0 Å². The molecule has 2 atom stereocenters. The molecule has 0 amide bonds. The van der Waals surface area contributed by atoms with E-state index in [4.69, 9.17) is 14.2 Å². The van der Waals surface area contributed by atoms with Crippen LogP contribution < -0.4 is 5.11 Å². The minimum atomic E-state index is -1.13. The molecular weight excluding hydrogens is 666 g/mol. The van der Waals surface area contributed by atoms with Crippen molar-refractivity contribution < 1.29 is 38.2 Å². The summed E-state index contributed by atoms with van der Waals surface area (Å²) < 4.78 is 17.1. The Bertz CT molecular complexity index is 926. The molecule has 0 saturated heterocycles. The first kappa shape index (κ1) is 50.8. The van der Waals surface area contributed by atoms with Crippen LogP contribution >= 0.6 is 0 Å². The lowest BCUT2D eigenvalue weighted by Crippen LogP contribution is -2.55. The molecule has 0 aromatic rings. The van der Waals surface area contributed by atoms with Crippen LogP contribution in [0, 0.1) is 0 Å². The Morgan fingerprint density at radius 1 is 0.566 bits per heavy atom. The van der Waals surface area contributed by atoms with Crippen LogP contribution in [-0.4, -0.2) is 75.5 Å². The van der Waals surface area contributed by atoms with E-state index in [9.17, 15) is 19.5 Å². The quantitative estimate of drug-likeness (QED) is 0.0267. The Morgan fingerprint density at radius 3 is 1.47 bits per heavy atom. The summed E-state index contributed by atoms with van der Waals surface area (Å²) in [6.45, 7) is 4.64. The van der Waals surface area contributed by atoms with Gasteiger partial charge in [-0.3, -0.25) is 9.59 Å². The fourth-order valence-electron chi connectivity index (χ4n) is 6.39. The van der Waals surface area contributed by atoms with E-state index in [2.05, 4.69) is 38.2 Å². The summed E-state index contributed by atoms with van der Waals surface area (Å²) in [6.07, 6.45) is 39.1. The molecule has 0 aliphatic rings. The van der Waals surface area contributed by atoms with Gasteiger partial charge in [-0.25, -0.2) is 0 Å². The number of rotatable bonds is 39. The van der Waals surface area contributed by atoms with Gasteiger partial charge in [0.15, 0.2) is 6.10 Å². The maximum absolute atomic E-state index is 12.7. The van der Waals surface area contributed by atoms with Gasteiger partial charge in [-0.2, -0.15) is 0 Å². The van der Waals surface area contributed by atoms with Gasteiger partial charge in [0.1, 0.15) is 12.6 Å². The molecule has 0 fully saturated rings. The third-order valence-electron chi connectivity index (χ3n) is 9.84. The van der Waals surface area contributed by atoms with Crippen molar-refractivity contribution in [3.63, 3.8) is 0 Å². The van der Waals surface area contributed by atoms with E-state index in [1.54, 1.807) is 21.1 Å². The van der Waals surface area contributed by atoms with Gasteiger partial charge < -0.3 is 28.6 Å². The molecule has 0 spiro atoms. The molecule has 0 heterocycles. The van der Waals surface area contributed by atoms with Crippen molar-refractivity contribution >= 4 is 17.9 Å². The highest BCUT2D eigenvalue weighted by Crippen LogP contribution is 2.14. The summed E-state index contributed by atoms with van der Waals surface area (Å²) in [5.41, 5.74) is 0. The Labute approximate surface area is 326 Å². The van der Waals surface area contributed by atoms with Crippen molar-refractivity contribution in [2.45, 2.75) is 206 Å². The van der Waals surface area contributed by atoms with Crippen LogP contribution in [-0.2, 0) is 28.6 Å². The zero-order valence-electron chi connectivity index (χ0n) is 35.2. The fraction of sp³-hybridized carbons (Fsp3) is 0.844. The van der Waals surface area contributed by atoms with Crippen LogP contribution in [0.25, 0.3) is 0 Å². The summed E-state index contributed by atoms with van der Waals surface area (Å²) in [5.74, 6) is -1.74. The molecule has 310 valence electrons. The molecule has 2 unspecified atom stereocenters. The molecule has 0 aromatic heterocycles. The summed E-state index contributed by atoms with van der Waals surface area (Å²) in [7, 11) is 5.40. The van der Waals surface area contributed by atoms with Crippen LogP contribution in [0.1, 0.15) is 194 Å². The Morgan fingerprint density at radius 2 is 1.00 bits per heavy atom. The third kappa shape index (κ3) is 35.3. The number of hydrogen-bond donors (Lipinski definition) is 0. The minimum Gasteiger partial charge on any atom is -0.544 e. The molecule has 8 heteroatoms. The van der Waals surface area contributed by atoms with Crippen LogP contribution in [0.3, 0.4) is 0 Å². The lowest BCUT2D eigenvalue weighted by molar-refractivity contribution is -0.889. The molecule has 0 bridgehead atoms. The fourth-order valence-corrected chi connectivity index (χ4v) is 6.39. The third-order valence-corrected chi connectivity index (χ3v) is 9.84. The van der Waals surface area contributed by atoms with E-state index in [0.717, 1.165) is 64.2 Å². The van der Waals surface area contributed by atoms with E-state index < -0.39 is 18.1 Å². The molecule has 0 aliphatic heterocycles. The highest BCUT2D eigenvalue weighted by Gasteiger charge is 2.25. The highest BCUT2D eigenvalue weighted by atomic mass is 16.6. The van der Waals surface area contributed by atoms with Gasteiger partial charge in [-0.05, 0) is 44.9 Å². The number of carbonyl (C=O) groups excluding carboxylic acids is 3. The van der Waals surface area contributed by atoms with Crippen molar-refractivity contribution in [3.8, 4) is 0 Å². The molecule has 0 aliphatic carbocycles. The molecule has 0 aromatic carbocycles. The topological polar surface area (TPSA) is 102 Å². The van der Waals surface area contributed by atoms with E-state index >= 15 is 0 Å². The SMILES string of the molecule is CCCCCC/C=C\C/C=C\CCCCCCCC(=O)OC(COCCC(C(=O)[O-])[N+](C)(C)C)COC(=O)CCCCCCCCCCCCCCC. The second-order valence-corrected chi connectivity index (χ2v) is 15.9. The molecule has 0 radical (unpaired) electrons. The van der Waals surface area contributed by atoms with Gasteiger partial charge in [-0.15, -0.1) is 0 Å². The van der Waals surface area contributed by atoms with Crippen LogP contribution in [0.15, 0.2) is 24.3 Å². The van der Waals surface area contributed by atoms with E-state index in [1.165, 1.54) is 96.3 Å². The summed E-state index contributed by atoms with van der Waals surface area (Å²) in [4.78, 5) is 36.8. The van der Waals surface area contributed by atoms with Gasteiger partial charge in [-0.1, -0.05) is 154 Å². The number of aliphatic carboxylic acids is 1. The van der Waals surface area contributed by atoms with E-state index in [-0.39, 0.29) is 42.7 Å². The maximum Gasteiger partial charge on any atom is 0.306 e. The number of quaternary nitrogens is 1. The lowest BCUT2D eigenvalue weighted by atomic mass is 10.0. The largest absolute Gasteiger partial charge is 0.544 e. The minimum absolute atomic E-state index is 0.0386. The second-order valence-electron chi connectivity index (χ2n) is 15.9. The zero-order valence-corrected chi connectivity index (χ0v) is 35.2. The van der Waals surface area contributed by atoms with Crippen molar-refractivity contribution in [2.75, 3.05) is 41.0 Å². The molecular formula is C45H83NO7. The number of esters is 2. The van der Waals surface area contributed by atoms with Crippen molar-refractivity contribution in [2.24, 2.45) is 0 Å². The zero-order chi connectivity index (χ0) is 39.3. The molecule has 0 rings (SSSR count). The van der Waals surface area contributed by atoms with Gasteiger partial charge in [0.05, 0.1) is 40.3 Å². The molecule has 53 heavy (non-hydrogen) atoms. The van der Waals surface area contributed by atoms with Crippen LogP contribution in [0.2, 0.25) is 0 Å². The van der Waals surface area contributed by atoms with Gasteiger partial charge in [0.25, 0.3) is 0 Å². The van der Waals surface area contributed by atoms with Gasteiger partial charge in [0.2, 0.25) is 0 Å². The van der Waals surface area contributed by atoms with Gasteiger partial charge >= 0.3 is 11.9 Å². The first-order chi connectivity index (χ1) is 25.6. The highest BCUT2D eigenvalue weighted by molar-refractivity contribution is 5.70. The lowest BCUT2D eigenvalue weighted by Gasteiger charge is -2.34. The number of nitrogens with zero attached hydrogens (tertiary/aromatic N) is 1. The average Bonchev–Trinajstić information content (AvgIpc) is 3.11. The Balaban J connectivity index is 4.37. The number of likely N-dealkylation sites (N-methyl/N-ethyl adjacent to an activating group) is 1. The van der Waals surface area contributed by atoms with Crippen LogP contribution in [0.4, 0.5) is 0 Å². The van der Waals surface area contributed by atoms with E-state index in [1.807, 2.05) is 0 Å². The Hall–Kier alpha value is -2.19. The summed E-state index contributed by atoms with van der Waals surface area (Å²) in [5, 5.41) is 11.6. The van der Waals surface area contributed by atoms with E-state index in [0.29, 0.717) is 12.8 Å². The predicted octanol–water partition coefficient (Wildman–Crippen LogP) is 10.4. The molecule has 0 saturated carbocycles. The number of unbranched alkanes of at least 4 members (excludes halogenated alkanes) is 21. The first-order valence-corrected chi connectivity index (χ1v) is 21.9. The van der Waals surface area contributed by atoms with Crippen molar-refractivity contribution in [3.05, 3.63) is 24.3 Å². The number of hydrogen-bond acceptors (Lipinski definition) is 7. The monoisotopic (exact) mass is 750 g/mol. The standard InChI is InChI=1S/C45H83NO7/c1-6-8-10-12-14-16-18-20-21-22-24-26-28-30-32-34-36-44(48)53-41(39-51-38-37-42(45(49)50)46(3,4)5)40-52-43(47)35-33-31-29-27-25-23-19-17-15-13-11-9-7-2/h16,18,21-22,41-42H,6-15,17,19-20,23-40H2,1-5H3/b18-16-,22-21-. The summed E-state index contributed by atoms with van der Waals surface area (Å²) >= 11 is 0. The number of allylic oxidation sites excluding steroid dienone is 4. The van der Waals surface area contributed by atoms with Crippen molar-refractivity contribution in [1.82, 2.24) is 0 Å². The maximum atomic E-state index is 12.7. The number of carboxylic acid groups (broad SMARTS) is 1. The predicted molar refractivity (Wildman–Crippen MR) is 217 cm³/mol. The van der Waals surface area contributed by atoms with Crippen LogP contribution in [0.5, 0.6) is 0 Å². The number of carboxylic acids is 1. The average molecular weight is 750 g/mol. The number of ether oxygens (including phenoxy) is 3. The normalized spacial score (nSPS) is 13.2. The number of carbonyl (C=O) groups is 3. The Kier molecular flexibility index (Phi) is 35.2. The molecule has 8 nitrogen and oxygen atoms in total. The second kappa shape index (κ2) is 36.8. The smallest absolute Gasteiger partial charge is 0.306 e.